The van der Waals surface area contributed by atoms with Crippen molar-refractivity contribution in [1.29, 1.82) is 0 Å². The first kappa shape index (κ1) is 22.8. The van der Waals surface area contributed by atoms with Crippen LogP contribution in [-0.4, -0.2) is 52.2 Å². The van der Waals surface area contributed by atoms with E-state index in [0.717, 1.165) is 60.9 Å². The molecule has 2 aliphatic heterocycles. The first-order valence-electron chi connectivity index (χ1n) is 11.6. The summed E-state index contributed by atoms with van der Waals surface area (Å²) in [6.07, 6.45) is 17.5. The van der Waals surface area contributed by atoms with Gasteiger partial charge in [0.25, 0.3) is 0 Å². The molecule has 0 aromatic rings. The summed E-state index contributed by atoms with van der Waals surface area (Å²) < 4.78 is 15.4. The van der Waals surface area contributed by atoms with Crippen LogP contribution in [0.15, 0.2) is 39.4 Å². The molecule has 162 valence electrons. The molecule has 0 N–H and O–H groups in total. The van der Waals surface area contributed by atoms with Crippen LogP contribution in [0, 0.1) is 5.92 Å². The SMILES string of the molecule is CCCC/C=N\C1=CCC=C([S+]([O-])N2CCC(N3CCC(C)CC3)CC2)C=C1C. The largest absolute Gasteiger partial charge is 0.593 e. The van der Waals surface area contributed by atoms with E-state index >= 15 is 0 Å². The van der Waals surface area contributed by atoms with Crippen LogP contribution in [-0.2, 0) is 11.4 Å². The fraction of sp³-hybridized carbons (Fsp3) is 0.708. The lowest BCUT2D eigenvalue weighted by atomic mass is 9.95. The molecule has 3 aliphatic rings. The number of piperidine rings is 2. The first-order valence-corrected chi connectivity index (χ1v) is 12.7. The quantitative estimate of drug-likeness (QED) is 0.324. The third kappa shape index (κ3) is 6.55. The molecule has 3 rings (SSSR count). The van der Waals surface area contributed by atoms with E-state index in [2.05, 4.69) is 53.2 Å². The van der Waals surface area contributed by atoms with Crippen molar-refractivity contribution in [1.82, 2.24) is 9.21 Å². The summed E-state index contributed by atoms with van der Waals surface area (Å²) in [7, 11) is 0. The van der Waals surface area contributed by atoms with Crippen LogP contribution < -0.4 is 0 Å². The number of hydrogen-bond donors (Lipinski definition) is 0. The Morgan fingerprint density at radius 1 is 1.14 bits per heavy atom. The standard InChI is InChI=1S/C24H39N3OS/c1-4-5-6-14-25-24-9-7-8-23(19-21(24)3)29(28)27-17-12-22(13-18-27)26-15-10-20(2)11-16-26/h8-9,14,19-20,22H,4-7,10-13,15-18H2,1-3H3/b25-14-. The Bertz CT molecular complexity index is 639. The third-order valence-electron chi connectivity index (χ3n) is 6.50. The van der Waals surface area contributed by atoms with Crippen LogP contribution in [0.1, 0.15) is 72.1 Å². The number of allylic oxidation sites excluding steroid dienone is 4. The number of hydrogen-bond acceptors (Lipinski definition) is 4. The van der Waals surface area contributed by atoms with Crippen LogP contribution in [0.25, 0.3) is 0 Å². The maximum atomic E-state index is 13.2. The Morgan fingerprint density at radius 2 is 1.86 bits per heavy atom. The van der Waals surface area contributed by atoms with E-state index in [1.807, 2.05) is 6.21 Å². The van der Waals surface area contributed by atoms with E-state index in [1.54, 1.807) is 0 Å². The van der Waals surface area contributed by atoms with Crippen molar-refractivity contribution < 1.29 is 4.55 Å². The Morgan fingerprint density at radius 3 is 2.55 bits per heavy atom. The Hall–Kier alpha value is -0.880. The third-order valence-corrected chi connectivity index (χ3v) is 8.03. The number of aliphatic imine (C=N–C) groups is 1. The number of likely N-dealkylation sites (tertiary alicyclic amines) is 1. The van der Waals surface area contributed by atoms with Gasteiger partial charge in [0.05, 0.1) is 17.1 Å². The highest BCUT2D eigenvalue weighted by atomic mass is 32.2. The summed E-state index contributed by atoms with van der Waals surface area (Å²) in [5.41, 5.74) is 2.15. The molecule has 0 aromatic heterocycles. The lowest BCUT2D eigenvalue weighted by Crippen LogP contribution is -2.48. The lowest BCUT2D eigenvalue weighted by molar-refractivity contribution is 0.101. The number of unbranched alkanes of at least 4 members (excludes halogenated alkanes) is 2. The Kier molecular flexibility index (Phi) is 9.04. The van der Waals surface area contributed by atoms with Crippen LogP contribution >= 0.6 is 0 Å². The molecule has 0 saturated carbocycles. The maximum absolute atomic E-state index is 13.2. The van der Waals surface area contributed by atoms with Gasteiger partial charge in [0.2, 0.25) is 0 Å². The maximum Gasteiger partial charge on any atom is 0.170 e. The highest BCUT2D eigenvalue weighted by molar-refractivity contribution is 7.93. The fourth-order valence-electron chi connectivity index (χ4n) is 4.44. The Labute approximate surface area is 181 Å². The van der Waals surface area contributed by atoms with Crippen molar-refractivity contribution in [3.63, 3.8) is 0 Å². The van der Waals surface area contributed by atoms with Gasteiger partial charge in [-0.1, -0.05) is 26.3 Å². The van der Waals surface area contributed by atoms with Gasteiger partial charge < -0.3 is 9.45 Å². The Balaban J connectivity index is 1.52. The van der Waals surface area contributed by atoms with Gasteiger partial charge in [0.15, 0.2) is 4.91 Å². The zero-order valence-corrected chi connectivity index (χ0v) is 19.4. The topological polar surface area (TPSA) is 41.9 Å². The second-order valence-corrected chi connectivity index (χ2v) is 10.3. The van der Waals surface area contributed by atoms with Crippen molar-refractivity contribution in [2.24, 2.45) is 10.9 Å². The summed E-state index contributed by atoms with van der Waals surface area (Å²) in [4.78, 5) is 8.28. The molecule has 1 aliphatic carbocycles. The molecule has 0 radical (unpaired) electrons. The van der Waals surface area contributed by atoms with Crippen molar-refractivity contribution >= 4 is 17.6 Å². The fourth-order valence-corrected chi connectivity index (χ4v) is 5.80. The van der Waals surface area contributed by atoms with Gasteiger partial charge in [0, 0.05) is 25.3 Å². The molecule has 2 saturated heterocycles. The summed E-state index contributed by atoms with van der Waals surface area (Å²) >= 11 is -1.06. The van der Waals surface area contributed by atoms with E-state index in [9.17, 15) is 4.55 Å². The van der Waals surface area contributed by atoms with Crippen molar-refractivity contribution in [2.45, 2.75) is 78.2 Å². The molecule has 5 heteroatoms. The predicted octanol–water partition coefficient (Wildman–Crippen LogP) is 5.23. The number of nitrogens with zero attached hydrogens (tertiary/aromatic N) is 3. The van der Waals surface area contributed by atoms with Crippen molar-refractivity contribution in [3.05, 3.63) is 34.4 Å². The predicted molar refractivity (Wildman–Crippen MR) is 125 cm³/mol. The van der Waals surface area contributed by atoms with Gasteiger partial charge in [-0.15, -0.1) is 4.31 Å². The van der Waals surface area contributed by atoms with Crippen molar-refractivity contribution in [3.8, 4) is 0 Å². The molecular weight excluding hydrogens is 378 g/mol. The molecule has 2 fully saturated rings. The normalized spacial score (nSPS) is 24.9. The summed E-state index contributed by atoms with van der Waals surface area (Å²) in [5.74, 6) is 0.880. The minimum absolute atomic E-state index is 0.682. The van der Waals surface area contributed by atoms with E-state index < -0.39 is 11.4 Å². The van der Waals surface area contributed by atoms with Gasteiger partial charge in [-0.2, -0.15) is 0 Å². The van der Waals surface area contributed by atoms with E-state index in [4.69, 9.17) is 0 Å². The first-order chi connectivity index (χ1) is 14.1. The van der Waals surface area contributed by atoms with Crippen LogP contribution in [0.2, 0.25) is 0 Å². The molecule has 0 aromatic carbocycles. The summed E-state index contributed by atoms with van der Waals surface area (Å²) in [6, 6.07) is 0.682. The van der Waals surface area contributed by atoms with Crippen LogP contribution in [0.5, 0.6) is 0 Å². The average Bonchev–Trinajstić information content (AvgIpc) is 2.93. The second kappa shape index (κ2) is 11.5. The zero-order valence-electron chi connectivity index (χ0n) is 18.6. The minimum Gasteiger partial charge on any atom is -0.593 e. The second-order valence-electron chi connectivity index (χ2n) is 8.84. The molecule has 1 atom stereocenters. The van der Waals surface area contributed by atoms with E-state index in [0.29, 0.717) is 6.04 Å². The molecule has 0 bridgehead atoms. The molecule has 0 spiro atoms. The highest BCUT2D eigenvalue weighted by Crippen LogP contribution is 2.28. The summed E-state index contributed by atoms with van der Waals surface area (Å²) in [6.45, 7) is 11.0. The van der Waals surface area contributed by atoms with E-state index in [1.165, 1.54) is 38.8 Å². The van der Waals surface area contributed by atoms with Gasteiger partial charge in [-0.3, -0.25) is 4.99 Å². The average molecular weight is 418 g/mol. The number of rotatable bonds is 7. The molecule has 29 heavy (non-hydrogen) atoms. The van der Waals surface area contributed by atoms with Gasteiger partial charge in [-0.05, 0) is 88.6 Å². The van der Waals surface area contributed by atoms with Gasteiger partial charge in [-0.25, -0.2) is 0 Å². The minimum atomic E-state index is -1.06. The molecule has 2 heterocycles. The van der Waals surface area contributed by atoms with Crippen molar-refractivity contribution in [2.75, 3.05) is 26.2 Å². The molecular formula is C24H39N3OS. The molecule has 1 unspecified atom stereocenters. The van der Waals surface area contributed by atoms with Gasteiger partial charge >= 0.3 is 0 Å². The monoisotopic (exact) mass is 417 g/mol. The van der Waals surface area contributed by atoms with E-state index in [-0.39, 0.29) is 0 Å². The molecule has 0 amide bonds. The smallest absolute Gasteiger partial charge is 0.170 e. The van der Waals surface area contributed by atoms with Gasteiger partial charge in [0.1, 0.15) is 0 Å². The van der Waals surface area contributed by atoms with Crippen LogP contribution in [0.3, 0.4) is 0 Å². The van der Waals surface area contributed by atoms with Crippen LogP contribution in [0.4, 0.5) is 0 Å². The lowest BCUT2D eigenvalue weighted by Gasteiger charge is -2.40. The summed E-state index contributed by atoms with van der Waals surface area (Å²) in [5, 5.41) is 0. The zero-order chi connectivity index (χ0) is 20.6. The highest BCUT2D eigenvalue weighted by Gasteiger charge is 2.33. The molecule has 4 nitrogen and oxygen atoms in total.